The molecule has 2 aromatic heterocycles. The van der Waals surface area contributed by atoms with Gasteiger partial charge in [-0.05, 0) is 37.2 Å². The number of aromatic nitrogens is 2. The molecule has 3 nitrogen and oxygen atoms in total. The zero-order chi connectivity index (χ0) is 13.9. The Kier molecular flexibility index (Phi) is 3.52. The molecule has 0 aliphatic heterocycles. The summed E-state index contributed by atoms with van der Waals surface area (Å²) in [7, 11) is 1.97. The van der Waals surface area contributed by atoms with E-state index in [9.17, 15) is 0 Å². The van der Waals surface area contributed by atoms with Gasteiger partial charge in [0.25, 0.3) is 0 Å². The molecule has 3 rings (SSSR count). The van der Waals surface area contributed by atoms with Crippen LogP contribution in [0.3, 0.4) is 0 Å². The molecule has 2 heterocycles. The third-order valence-electron chi connectivity index (χ3n) is 3.56. The summed E-state index contributed by atoms with van der Waals surface area (Å²) in [6, 6.07) is 12.8. The number of hydrogen-bond donors (Lipinski definition) is 1. The predicted molar refractivity (Wildman–Crippen MR) is 82.8 cm³/mol. The summed E-state index contributed by atoms with van der Waals surface area (Å²) in [5, 5.41) is 4.45. The van der Waals surface area contributed by atoms with E-state index in [0.29, 0.717) is 0 Å². The second-order valence-electron chi connectivity index (χ2n) is 5.17. The van der Waals surface area contributed by atoms with Crippen molar-refractivity contribution in [2.45, 2.75) is 20.0 Å². The van der Waals surface area contributed by atoms with Crippen LogP contribution < -0.4 is 5.32 Å². The number of fused-ring (bicyclic) bond motifs is 1. The summed E-state index contributed by atoms with van der Waals surface area (Å²) in [4.78, 5) is 4.53. The van der Waals surface area contributed by atoms with Crippen molar-refractivity contribution in [3.63, 3.8) is 0 Å². The van der Waals surface area contributed by atoms with E-state index in [4.69, 9.17) is 0 Å². The van der Waals surface area contributed by atoms with Crippen molar-refractivity contribution in [3.05, 3.63) is 65.5 Å². The van der Waals surface area contributed by atoms with E-state index in [2.05, 4.69) is 58.3 Å². The van der Waals surface area contributed by atoms with Crippen LogP contribution >= 0.6 is 0 Å². The van der Waals surface area contributed by atoms with Crippen molar-refractivity contribution in [3.8, 4) is 0 Å². The molecule has 0 fully saturated rings. The molecule has 0 unspecified atom stereocenters. The van der Waals surface area contributed by atoms with Gasteiger partial charge in [-0.1, -0.05) is 29.8 Å². The highest BCUT2D eigenvalue weighted by Gasteiger charge is 2.08. The monoisotopic (exact) mass is 265 g/mol. The number of rotatable bonds is 4. The predicted octanol–water partition coefficient (Wildman–Crippen LogP) is 3.11. The summed E-state index contributed by atoms with van der Waals surface area (Å²) >= 11 is 0. The second-order valence-corrected chi connectivity index (χ2v) is 5.17. The molecule has 0 spiro atoms. The van der Waals surface area contributed by atoms with Gasteiger partial charge in [-0.2, -0.15) is 0 Å². The Bertz CT molecular complexity index is 711. The summed E-state index contributed by atoms with van der Waals surface area (Å²) < 4.78 is 2.23. The molecule has 0 radical (unpaired) electrons. The minimum atomic E-state index is 0.859. The fraction of sp³-hybridized carbons (Fsp3) is 0.235. The third kappa shape index (κ3) is 2.45. The highest BCUT2D eigenvalue weighted by Crippen LogP contribution is 2.20. The standard InChI is InChI=1S/C17H19N3/c1-13-5-7-14(8-6-13)11-20-12-15(10-18-2)16-4-3-9-19-17(16)20/h3-9,12,18H,10-11H2,1-2H3. The first kappa shape index (κ1) is 12.9. The Labute approximate surface area is 119 Å². The van der Waals surface area contributed by atoms with Crippen LogP contribution in [-0.2, 0) is 13.1 Å². The molecule has 0 atom stereocenters. The molecular weight excluding hydrogens is 246 g/mol. The van der Waals surface area contributed by atoms with Crippen molar-refractivity contribution in [1.29, 1.82) is 0 Å². The van der Waals surface area contributed by atoms with Crippen LogP contribution in [0.4, 0.5) is 0 Å². The number of benzene rings is 1. The largest absolute Gasteiger partial charge is 0.328 e. The summed E-state index contributed by atoms with van der Waals surface area (Å²) in [6.07, 6.45) is 4.06. The lowest BCUT2D eigenvalue weighted by Gasteiger charge is -2.05. The van der Waals surface area contributed by atoms with Crippen molar-refractivity contribution >= 4 is 11.0 Å². The van der Waals surface area contributed by atoms with Gasteiger partial charge >= 0.3 is 0 Å². The Balaban J connectivity index is 2.00. The first-order chi connectivity index (χ1) is 9.78. The van der Waals surface area contributed by atoms with Crippen LogP contribution in [-0.4, -0.2) is 16.6 Å². The van der Waals surface area contributed by atoms with E-state index in [1.165, 1.54) is 22.1 Å². The van der Waals surface area contributed by atoms with Crippen molar-refractivity contribution in [1.82, 2.24) is 14.9 Å². The lowest BCUT2D eigenvalue weighted by atomic mass is 10.1. The molecule has 0 aliphatic carbocycles. The van der Waals surface area contributed by atoms with Gasteiger partial charge in [0, 0.05) is 30.9 Å². The van der Waals surface area contributed by atoms with Gasteiger partial charge in [-0.3, -0.25) is 0 Å². The highest BCUT2D eigenvalue weighted by molar-refractivity contribution is 5.80. The van der Waals surface area contributed by atoms with Crippen LogP contribution in [0.2, 0.25) is 0 Å². The van der Waals surface area contributed by atoms with E-state index >= 15 is 0 Å². The van der Waals surface area contributed by atoms with Crippen LogP contribution in [0.15, 0.2) is 48.8 Å². The maximum Gasteiger partial charge on any atom is 0.140 e. The Morgan fingerprint density at radius 1 is 1.15 bits per heavy atom. The van der Waals surface area contributed by atoms with Gasteiger partial charge in [0.2, 0.25) is 0 Å². The Morgan fingerprint density at radius 2 is 1.95 bits per heavy atom. The maximum atomic E-state index is 4.53. The molecule has 0 saturated carbocycles. The van der Waals surface area contributed by atoms with Gasteiger partial charge in [0.05, 0.1) is 0 Å². The third-order valence-corrected chi connectivity index (χ3v) is 3.56. The zero-order valence-corrected chi connectivity index (χ0v) is 11.9. The van der Waals surface area contributed by atoms with Gasteiger partial charge < -0.3 is 9.88 Å². The van der Waals surface area contributed by atoms with Crippen LogP contribution in [0.25, 0.3) is 11.0 Å². The highest BCUT2D eigenvalue weighted by atomic mass is 15.0. The quantitative estimate of drug-likeness (QED) is 0.785. The number of pyridine rings is 1. The molecule has 3 aromatic rings. The number of nitrogens with zero attached hydrogens (tertiary/aromatic N) is 2. The summed E-state index contributed by atoms with van der Waals surface area (Å²) in [5.41, 5.74) is 4.94. The second kappa shape index (κ2) is 5.47. The number of nitrogens with one attached hydrogen (secondary N) is 1. The minimum Gasteiger partial charge on any atom is -0.328 e. The van der Waals surface area contributed by atoms with Crippen molar-refractivity contribution < 1.29 is 0 Å². The molecule has 20 heavy (non-hydrogen) atoms. The number of hydrogen-bond acceptors (Lipinski definition) is 2. The van der Waals surface area contributed by atoms with Crippen LogP contribution in [0.5, 0.6) is 0 Å². The van der Waals surface area contributed by atoms with Gasteiger partial charge in [0.1, 0.15) is 5.65 Å². The molecular formula is C17H19N3. The maximum absolute atomic E-state index is 4.53. The lowest BCUT2D eigenvalue weighted by Crippen LogP contribution is -2.04. The first-order valence-corrected chi connectivity index (χ1v) is 6.91. The van der Waals surface area contributed by atoms with E-state index in [1.54, 1.807) is 0 Å². The topological polar surface area (TPSA) is 29.9 Å². The number of aryl methyl sites for hydroxylation is 1. The van der Waals surface area contributed by atoms with E-state index in [-0.39, 0.29) is 0 Å². The molecule has 3 heteroatoms. The summed E-state index contributed by atoms with van der Waals surface area (Å²) in [5.74, 6) is 0. The summed E-state index contributed by atoms with van der Waals surface area (Å²) in [6.45, 7) is 3.84. The van der Waals surface area contributed by atoms with E-state index < -0.39 is 0 Å². The molecule has 0 bridgehead atoms. The lowest BCUT2D eigenvalue weighted by molar-refractivity contribution is 0.791. The van der Waals surface area contributed by atoms with E-state index in [0.717, 1.165) is 18.7 Å². The van der Waals surface area contributed by atoms with Crippen molar-refractivity contribution in [2.24, 2.45) is 0 Å². The fourth-order valence-electron chi connectivity index (χ4n) is 2.54. The first-order valence-electron chi connectivity index (χ1n) is 6.91. The van der Waals surface area contributed by atoms with Crippen molar-refractivity contribution in [2.75, 3.05) is 7.05 Å². The molecule has 1 N–H and O–H groups in total. The molecule has 1 aromatic carbocycles. The van der Waals surface area contributed by atoms with Crippen LogP contribution in [0.1, 0.15) is 16.7 Å². The van der Waals surface area contributed by atoms with Crippen LogP contribution in [0, 0.1) is 6.92 Å². The molecule has 0 amide bonds. The molecule has 0 aliphatic rings. The Morgan fingerprint density at radius 3 is 2.70 bits per heavy atom. The Hall–Kier alpha value is -2.13. The van der Waals surface area contributed by atoms with Gasteiger partial charge in [-0.15, -0.1) is 0 Å². The zero-order valence-electron chi connectivity index (χ0n) is 11.9. The average Bonchev–Trinajstić information content (AvgIpc) is 2.81. The SMILES string of the molecule is CNCc1cn(Cc2ccc(C)cc2)c2ncccc12. The van der Waals surface area contributed by atoms with Gasteiger partial charge in [-0.25, -0.2) is 4.98 Å². The van der Waals surface area contributed by atoms with Gasteiger partial charge in [0.15, 0.2) is 0 Å². The normalized spacial score (nSPS) is 11.1. The minimum absolute atomic E-state index is 0.859. The fourth-order valence-corrected chi connectivity index (χ4v) is 2.54. The van der Waals surface area contributed by atoms with E-state index in [1.807, 2.05) is 19.3 Å². The molecule has 0 saturated heterocycles. The molecule has 102 valence electrons. The average molecular weight is 265 g/mol. The smallest absolute Gasteiger partial charge is 0.140 e.